The van der Waals surface area contributed by atoms with Gasteiger partial charge in [0.1, 0.15) is 5.60 Å². The summed E-state index contributed by atoms with van der Waals surface area (Å²) in [6, 6.07) is -1.82. The molecule has 0 aliphatic heterocycles. The number of aromatic nitrogens is 2. The predicted octanol–water partition coefficient (Wildman–Crippen LogP) is 2.69. The van der Waals surface area contributed by atoms with Crippen molar-refractivity contribution in [1.29, 1.82) is 0 Å². The molecule has 8 heteroatoms. The molecule has 0 saturated carbocycles. The number of aryl methyl sites for hydroxylation is 1. The van der Waals surface area contributed by atoms with E-state index in [1.807, 2.05) is 0 Å². The van der Waals surface area contributed by atoms with Crippen molar-refractivity contribution in [2.75, 3.05) is 0 Å². The Morgan fingerprint density at radius 1 is 1.36 bits per heavy atom. The standard InChI is InChI=1S/C14H22ClN3O4/c1-7-10(15)8(2)18(17-7)9(3)11(12(19)20)16-13(21)22-14(4,5)6/h9,11H,1-6H3,(H,16,21)(H,19,20). The lowest BCUT2D eigenvalue weighted by Gasteiger charge is -2.25. The Bertz CT molecular complexity index is 577. The third-order valence-electron chi connectivity index (χ3n) is 3.04. The molecule has 0 spiro atoms. The highest BCUT2D eigenvalue weighted by Crippen LogP contribution is 2.24. The summed E-state index contributed by atoms with van der Waals surface area (Å²) in [7, 11) is 0. The van der Waals surface area contributed by atoms with Crippen LogP contribution < -0.4 is 5.32 Å². The topological polar surface area (TPSA) is 93.5 Å². The Kier molecular flexibility index (Phi) is 5.45. The van der Waals surface area contributed by atoms with Gasteiger partial charge >= 0.3 is 12.1 Å². The molecule has 0 aromatic carbocycles. The fourth-order valence-corrected chi connectivity index (χ4v) is 2.13. The fraction of sp³-hybridized carbons (Fsp3) is 0.643. The van der Waals surface area contributed by atoms with Gasteiger partial charge in [0, 0.05) is 0 Å². The summed E-state index contributed by atoms with van der Waals surface area (Å²) in [5.41, 5.74) is 0.536. The minimum atomic E-state index is -1.19. The molecule has 7 nitrogen and oxygen atoms in total. The van der Waals surface area contributed by atoms with Gasteiger partial charge in [-0.1, -0.05) is 11.6 Å². The minimum Gasteiger partial charge on any atom is -0.480 e. The van der Waals surface area contributed by atoms with Gasteiger partial charge < -0.3 is 15.2 Å². The molecule has 2 N–H and O–H groups in total. The lowest BCUT2D eigenvalue weighted by molar-refractivity contribution is -0.140. The van der Waals surface area contributed by atoms with Gasteiger partial charge in [-0.25, -0.2) is 9.59 Å². The molecule has 0 fully saturated rings. The average Bonchev–Trinajstić information content (AvgIpc) is 2.60. The lowest BCUT2D eigenvalue weighted by atomic mass is 10.1. The highest BCUT2D eigenvalue weighted by atomic mass is 35.5. The van der Waals surface area contributed by atoms with Crippen LogP contribution in [0.2, 0.25) is 5.02 Å². The molecule has 1 heterocycles. The molecule has 1 rings (SSSR count). The van der Waals surface area contributed by atoms with Gasteiger partial charge in [0.05, 0.1) is 22.5 Å². The molecule has 1 aromatic rings. The highest BCUT2D eigenvalue weighted by molar-refractivity contribution is 6.31. The predicted molar refractivity (Wildman–Crippen MR) is 82.2 cm³/mol. The number of halogens is 1. The van der Waals surface area contributed by atoms with Gasteiger partial charge in [0.25, 0.3) is 0 Å². The number of hydrogen-bond acceptors (Lipinski definition) is 4. The number of carbonyl (C=O) groups excluding carboxylic acids is 1. The van der Waals surface area contributed by atoms with E-state index < -0.39 is 29.7 Å². The third kappa shape index (κ3) is 4.37. The van der Waals surface area contributed by atoms with Crippen LogP contribution in [0.15, 0.2) is 0 Å². The number of ether oxygens (including phenoxy) is 1. The molecule has 0 radical (unpaired) electrons. The van der Waals surface area contributed by atoms with Crippen LogP contribution >= 0.6 is 11.6 Å². The molecule has 0 saturated heterocycles. The van der Waals surface area contributed by atoms with Crippen LogP contribution in [0.5, 0.6) is 0 Å². The number of carboxylic acids is 1. The number of carboxylic acid groups (broad SMARTS) is 1. The van der Waals surface area contributed by atoms with Gasteiger partial charge in [-0.3, -0.25) is 4.68 Å². The van der Waals surface area contributed by atoms with Crippen molar-refractivity contribution in [3.63, 3.8) is 0 Å². The summed E-state index contributed by atoms with van der Waals surface area (Å²) in [4.78, 5) is 23.3. The van der Waals surface area contributed by atoms with E-state index in [0.717, 1.165) is 0 Å². The summed E-state index contributed by atoms with van der Waals surface area (Å²) in [5, 5.41) is 16.4. The van der Waals surface area contributed by atoms with Crippen LogP contribution in [0, 0.1) is 13.8 Å². The zero-order valence-electron chi connectivity index (χ0n) is 13.6. The van der Waals surface area contributed by atoms with Crippen molar-refractivity contribution < 1.29 is 19.4 Å². The van der Waals surface area contributed by atoms with E-state index in [-0.39, 0.29) is 0 Å². The summed E-state index contributed by atoms with van der Waals surface area (Å²) in [6.07, 6.45) is -0.792. The molecule has 0 aliphatic carbocycles. The average molecular weight is 332 g/mol. The molecule has 0 bridgehead atoms. The monoisotopic (exact) mass is 331 g/mol. The van der Waals surface area contributed by atoms with E-state index >= 15 is 0 Å². The zero-order valence-corrected chi connectivity index (χ0v) is 14.4. The van der Waals surface area contributed by atoms with Crippen LogP contribution in [0.3, 0.4) is 0 Å². The number of amides is 1. The number of nitrogens with one attached hydrogen (secondary N) is 1. The number of carbonyl (C=O) groups is 2. The maximum absolute atomic E-state index is 11.8. The van der Waals surface area contributed by atoms with Crippen molar-refractivity contribution in [1.82, 2.24) is 15.1 Å². The second kappa shape index (κ2) is 6.56. The van der Waals surface area contributed by atoms with E-state index in [1.165, 1.54) is 4.68 Å². The Morgan fingerprint density at radius 3 is 2.27 bits per heavy atom. The summed E-state index contributed by atoms with van der Waals surface area (Å²) < 4.78 is 6.59. The lowest BCUT2D eigenvalue weighted by Crippen LogP contribution is -2.47. The second-order valence-corrected chi connectivity index (χ2v) is 6.51. The number of hydrogen-bond donors (Lipinski definition) is 2. The van der Waals surface area contributed by atoms with Crippen LogP contribution in [-0.2, 0) is 9.53 Å². The van der Waals surface area contributed by atoms with Crippen LogP contribution in [0.4, 0.5) is 4.79 Å². The SMILES string of the molecule is Cc1nn(C(C)C(NC(=O)OC(C)(C)C)C(=O)O)c(C)c1Cl. The number of nitrogens with zero attached hydrogens (tertiary/aromatic N) is 2. The van der Waals surface area contributed by atoms with Crippen molar-refractivity contribution in [3.8, 4) is 0 Å². The number of alkyl carbamates (subject to hydrolysis) is 1. The van der Waals surface area contributed by atoms with E-state index in [9.17, 15) is 14.7 Å². The Labute approximate surface area is 134 Å². The maximum Gasteiger partial charge on any atom is 0.408 e. The molecule has 2 unspecified atom stereocenters. The molecule has 2 atom stereocenters. The summed E-state index contributed by atoms with van der Waals surface area (Å²) >= 11 is 6.08. The first kappa shape index (κ1) is 18.3. The molecular formula is C14H22ClN3O4. The summed E-state index contributed by atoms with van der Waals surface area (Å²) in [6.45, 7) is 10.2. The molecule has 22 heavy (non-hydrogen) atoms. The molecular weight excluding hydrogens is 310 g/mol. The van der Waals surface area contributed by atoms with Gasteiger partial charge in [0.15, 0.2) is 6.04 Å². The van der Waals surface area contributed by atoms with E-state index in [2.05, 4.69) is 10.4 Å². The smallest absolute Gasteiger partial charge is 0.408 e. The maximum atomic E-state index is 11.8. The minimum absolute atomic E-state index is 0.480. The first-order chi connectivity index (χ1) is 9.94. The van der Waals surface area contributed by atoms with Crippen LogP contribution in [0.1, 0.15) is 45.1 Å². The zero-order chi connectivity index (χ0) is 17.2. The van der Waals surface area contributed by atoms with Gasteiger partial charge in [-0.05, 0) is 41.5 Å². The summed E-state index contributed by atoms with van der Waals surface area (Å²) in [5.74, 6) is -1.18. The largest absolute Gasteiger partial charge is 0.480 e. The quantitative estimate of drug-likeness (QED) is 0.884. The van der Waals surface area contributed by atoms with Crippen molar-refractivity contribution in [2.45, 2.75) is 59.2 Å². The van der Waals surface area contributed by atoms with Crippen molar-refractivity contribution in [2.24, 2.45) is 0 Å². The van der Waals surface area contributed by atoms with Crippen LogP contribution in [0.25, 0.3) is 0 Å². The fourth-order valence-electron chi connectivity index (χ4n) is 2.00. The number of aliphatic carboxylic acids is 1. The third-order valence-corrected chi connectivity index (χ3v) is 3.59. The molecule has 1 aromatic heterocycles. The molecule has 1 amide bonds. The van der Waals surface area contributed by atoms with Crippen molar-refractivity contribution >= 4 is 23.7 Å². The highest BCUT2D eigenvalue weighted by Gasteiger charge is 2.31. The van der Waals surface area contributed by atoms with Gasteiger partial charge in [-0.2, -0.15) is 5.10 Å². The second-order valence-electron chi connectivity index (χ2n) is 6.13. The Hall–Kier alpha value is -1.76. The Balaban J connectivity index is 2.98. The van der Waals surface area contributed by atoms with E-state index in [0.29, 0.717) is 16.4 Å². The van der Waals surface area contributed by atoms with E-state index in [4.69, 9.17) is 16.3 Å². The van der Waals surface area contributed by atoms with Gasteiger partial charge in [-0.15, -0.1) is 0 Å². The Morgan fingerprint density at radius 2 is 1.91 bits per heavy atom. The van der Waals surface area contributed by atoms with Gasteiger partial charge in [0.2, 0.25) is 0 Å². The first-order valence-electron chi connectivity index (χ1n) is 6.87. The van der Waals surface area contributed by atoms with Crippen LogP contribution in [-0.4, -0.2) is 38.6 Å². The first-order valence-corrected chi connectivity index (χ1v) is 7.25. The number of rotatable bonds is 4. The van der Waals surface area contributed by atoms with Crippen molar-refractivity contribution in [3.05, 3.63) is 16.4 Å². The molecule has 0 aliphatic rings. The normalized spacial score (nSPS) is 14.3. The van der Waals surface area contributed by atoms with E-state index in [1.54, 1.807) is 41.5 Å². The molecule has 124 valence electrons.